The Labute approximate surface area is 584 Å². The molecule has 4 saturated heterocycles. The van der Waals surface area contributed by atoms with Gasteiger partial charge in [-0.15, -0.1) is 0 Å². The van der Waals surface area contributed by atoms with E-state index in [1.54, 1.807) is 64.1 Å². The van der Waals surface area contributed by atoms with Crippen LogP contribution in [0.5, 0.6) is 11.5 Å². The van der Waals surface area contributed by atoms with Crippen molar-refractivity contribution in [2.24, 2.45) is 0 Å². The van der Waals surface area contributed by atoms with Crippen molar-refractivity contribution in [3.05, 3.63) is 144 Å². The first kappa shape index (κ1) is 84.1. The molecule has 1 amide bonds. The van der Waals surface area contributed by atoms with Gasteiger partial charge in [0.15, 0.2) is 25.2 Å². The third kappa shape index (κ3) is 32.7. The lowest BCUT2D eigenvalue weighted by Gasteiger charge is -2.34. The molecule has 99 heavy (non-hydrogen) atoms. The number of aliphatic hydroxyl groups excluding tert-OH is 1. The molecule has 3 aromatic carbocycles. The zero-order valence-corrected chi connectivity index (χ0v) is 59.9. The van der Waals surface area contributed by atoms with Crippen LogP contribution in [0.2, 0.25) is 0 Å². The zero-order chi connectivity index (χ0) is 73.0. The second-order valence-electron chi connectivity index (χ2n) is 24.5. The normalized spacial score (nSPS) is 23.5. The van der Waals surface area contributed by atoms with E-state index in [9.17, 15) is 33.9 Å². The Hall–Kier alpha value is -7.36. The summed E-state index contributed by atoms with van der Waals surface area (Å²) in [6, 6.07) is 21.4. The fourth-order valence-corrected chi connectivity index (χ4v) is 9.70. The average Bonchev–Trinajstić information content (AvgIpc) is 1.26. The first-order chi connectivity index (χ1) is 47.2. The van der Waals surface area contributed by atoms with Crippen LogP contribution in [0.15, 0.2) is 121 Å². The van der Waals surface area contributed by atoms with E-state index in [-0.39, 0.29) is 120 Å². The summed E-state index contributed by atoms with van der Waals surface area (Å²) in [4.78, 5) is 68.7. The van der Waals surface area contributed by atoms with Crippen LogP contribution in [-0.2, 0) is 85.5 Å². The Morgan fingerprint density at radius 2 is 0.828 bits per heavy atom. The van der Waals surface area contributed by atoms with Gasteiger partial charge in [0, 0.05) is 45.4 Å². The molecule has 0 aliphatic carbocycles. The summed E-state index contributed by atoms with van der Waals surface area (Å²) in [6.07, 6.45) is 6.44. The number of carbonyl (C=O) groups excluding carboxylic acids is 6. The van der Waals surface area contributed by atoms with Crippen molar-refractivity contribution in [1.29, 1.82) is 0 Å². The average molecular weight is 1390 g/mol. The number of ether oxygens (including phenoxy) is 16. The van der Waals surface area contributed by atoms with Gasteiger partial charge in [0.05, 0.1) is 80.8 Å². The molecule has 0 radical (unpaired) electrons. The highest BCUT2D eigenvalue weighted by molar-refractivity contribution is 5.89. The zero-order valence-electron chi connectivity index (χ0n) is 59.9. The van der Waals surface area contributed by atoms with Crippen LogP contribution in [0.1, 0.15) is 187 Å². The third-order valence-corrected chi connectivity index (χ3v) is 15.2. The van der Waals surface area contributed by atoms with Gasteiger partial charge in [0.1, 0.15) is 50.6 Å². The first-order valence-corrected chi connectivity index (χ1v) is 34.1. The van der Waals surface area contributed by atoms with Crippen molar-refractivity contribution >= 4 is 35.9 Å². The number of hydrogen-bond donors (Lipinski definition) is 2. The molecule has 7 rings (SSSR count). The molecular weight excluding hydrogens is 1280 g/mol. The predicted octanol–water partition coefficient (Wildman–Crippen LogP) is 12.7. The second kappa shape index (κ2) is 45.4. The van der Waals surface area contributed by atoms with Gasteiger partial charge < -0.3 is 86.2 Å². The van der Waals surface area contributed by atoms with Crippen LogP contribution in [0, 0.1) is 0 Å². The fourth-order valence-electron chi connectivity index (χ4n) is 9.70. The Morgan fingerprint density at radius 3 is 1.26 bits per heavy atom. The molecule has 4 aliphatic heterocycles. The van der Waals surface area contributed by atoms with Crippen LogP contribution in [0.3, 0.4) is 0 Å². The Bertz CT molecular complexity index is 2990. The minimum Gasteiger partial charge on any atom is -0.491 e. The standard InChI is InChI=1S/C22H30O7.C20H27NO6.C20H28O6.C13H22O4/c1-5-19-14-16(4)28-22(29-19)18-8-6-17(7-9-18)21(24)27-13-11-25-10-12-26-20(23)15(2)3;1-5-16-12-14(4)25-19(26-16)15-6-8-17(9-7-15)27-20(23)21-10-11-24-18(22)13(2)3;1-5-17-10-14(4)25-20(26-17)15-6-8-18(9-7-15)23-11-16(21)12-24-19(22)13(2)3;1-5-11-8-10(4)16-12(17-11)6-7-15-13(14)9(2)3/h6-9,16,19,22H,2,5,10-14H2,1,3-4H3;6-9,14,16,19H,2,5,10-12H2,1,3-4H3,(H,21,23);6-9,14,16-17,20-21H,2,5,10-12H2,1,3-4H3;10-12H,2,5-8H2,1,3-4H3. The van der Waals surface area contributed by atoms with Gasteiger partial charge in [-0.1, -0.05) is 90.4 Å². The highest BCUT2D eigenvalue weighted by atomic mass is 16.7. The van der Waals surface area contributed by atoms with Gasteiger partial charge in [-0.05, 0) is 143 Å². The first-order valence-electron chi connectivity index (χ1n) is 34.1. The minimum absolute atomic E-state index is 0.0220. The van der Waals surface area contributed by atoms with Gasteiger partial charge in [-0.3, -0.25) is 0 Å². The van der Waals surface area contributed by atoms with E-state index in [4.69, 9.17) is 75.8 Å². The van der Waals surface area contributed by atoms with Gasteiger partial charge in [0.25, 0.3) is 0 Å². The summed E-state index contributed by atoms with van der Waals surface area (Å²) in [5, 5.41) is 12.3. The highest BCUT2D eigenvalue weighted by Gasteiger charge is 2.31. The van der Waals surface area contributed by atoms with Crippen LogP contribution in [0.25, 0.3) is 0 Å². The second-order valence-corrected chi connectivity index (χ2v) is 24.5. The molecule has 0 spiro atoms. The summed E-state index contributed by atoms with van der Waals surface area (Å²) < 4.78 is 87.5. The number of rotatable bonds is 30. The minimum atomic E-state index is -0.908. The maximum atomic E-state index is 12.1. The molecule has 0 bridgehead atoms. The van der Waals surface area contributed by atoms with Crippen molar-refractivity contribution in [1.82, 2.24) is 5.32 Å². The molecular formula is C75H107NO23. The van der Waals surface area contributed by atoms with Gasteiger partial charge in [-0.25, -0.2) is 28.8 Å². The van der Waals surface area contributed by atoms with E-state index in [0.717, 1.165) is 68.1 Å². The molecule has 4 fully saturated rings. The Balaban J connectivity index is 0.000000285. The summed E-state index contributed by atoms with van der Waals surface area (Å²) >= 11 is 0. The molecule has 3 aromatic rings. The number of aliphatic hydroxyl groups is 1. The summed E-state index contributed by atoms with van der Waals surface area (Å²) in [5.41, 5.74) is 4.47. The molecule has 550 valence electrons. The summed E-state index contributed by atoms with van der Waals surface area (Å²) in [6.45, 7) is 37.9. The van der Waals surface area contributed by atoms with Gasteiger partial charge in [0.2, 0.25) is 0 Å². The van der Waals surface area contributed by atoms with E-state index < -0.39 is 48.7 Å². The smallest absolute Gasteiger partial charge is 0.412 e. The number of hydrogen-bond acceptors (Lipinski definition) is 23. The molecule has 24 heteroatoms. The third-order valence-electron chi connectivity index (χ3n) is 15.2. The molecule has 13 unspecified atom stereocenters. The summed E-state index contributed by atoms with van der Waals surface area (Å²) in [7, 11) is 0. The molecule has 2 N–H and O–H groups in total. The molecule has 24 nitrogen and oxygen atoms in total. The van der Waals surface area contributed by atoms with Crippen molar-refractivity contribution in [3.8, 4) is 11.5 Å². The monoisotopic (exact) mass is 1390 g/mol. The Morgan fingerprint density at radius 1 is 0.455 bits per heavy atom. The van der Waals surface area contributed by atoms with Crippen LogP contribution in [-0.4, -0.2) is 162 Å². The predicted molar refractivity (Wildman–Crippen MR) is 367 cm³/mol. The lowest BCUT2D eigenvalue weighted by atomic mass is 10.1. The molecule has 4 aliphatic rings. The Kier molecular flexibility index (Phi) is 38.6. The maximum Gasteiger partial charge on any atom is 0.412 e. The quantitative estimate of drug-likeness (QED) is 0.0271. The van der Waals surface area contributed by atoms with Gasteiger partial charge in [-0.2, -0.15) is 0 Å². The fraction of sp³-hybridized carbons (Fsp3) is 0.573. The van der Waals surface area contributed by atoms with E-state index in [1.807, 2.05) is 57.2 Å². The maximum absolute atomic E-state index is 12.1. The number of esters is 5. The van der Waals surface area contributed by atoms with Crippen LogP contribution >= 0.6 is 0 Å². The van der Waals surface area contributed by atoms with E-state index in [2.05, 4.69) is 66.3 Å². The lowest BCUT2D eigenvalue weighted by molar-refractivity contribution is -0.244. The highest BCUT2D eigenvalue weighted by Crippen LogP contribution is 2.35. The van der Waals surface area contributed by atoms with Crippen LogP contribution < -0.4 is 14.8 Å². The number of nitrogens with one attached hydrogen (secondary N) is 1. The van der Waals surface area contributed by atoms with Crippen molar-refractivity contribution in [2.75, 3.05) is 59.4 Å². The van der Waals surface area contributed by atoms with Gasteiger partial charge >= 0.3 is 35.9 Å². The van der Waals surface area contributed by atoms with Crippen molar-refractivity contribution in [2.45, 2.75) is 221 Å². The van der Waals surface area contributed by atoms with E-state index in [0.29, 0.717) is 52.4 Å². The molecule has 0 aromatic heterocycles. The molecule has 13 atom stereocenters. The van der Waals surface area contributed by atoms with E-state index >= 15 is 0 Å². The van der Waals surface area contributed by atoms with E-state index in [1.165, 1.54) is 0 Å². The number of amides is 1. The largest absolute Gasteiger partial charge is 0.491 e. The lowest BCUT2D eigenvalue weighted by Crippen LogP contribution is -2.37. The number of carbonyl (C=O) groups is 6. The number of benzene rings is 3. The van der Waals surface area contributed by atoms with Crippen molar-refractivity contribution < 1.29 is 110 Å². The van der Waals surface area contributed by atoms with Crippen molar-refractivity contribution in [3.63, 3.8) is 0 Å². The molecule has 4 heterocycles. The summed E-state index contributed by atoms with van der Waals surface area (Å²) in [5.74, 6) is -1.26. The SMILES string of the molecule is C=C(C)C(=O)OCC(O)COc1ccc(C2OC(C)CC(CC)O2)cc1.C=C(C)C(=O)OCCC1OC(C)CC(CC)O1.C=C(C)C(=O)OCCNC(=O)Oc1ccc(C2OC(C)CC(CC)O2)cc1.C=C(C)C(=O)OCCOCCOC(=O)c1ccc(C2OC(C)CC(CC)O2)cc1. The van der Waals surface area contributed by atoms with Crippen LogP contribution in [0.4, 0.5) is 4.79 Å². The topological polar surface area (TPSA) is 282 Å². The molecule has 0 saturated carbocycles.